The third-order valence-electron chi connectivity index (χ3n) is 5.43. The Balaban J connectivity index is 0. The van der Waals surface area contributed by atoms with Crippen LogP contribution in [0.4, 0.5) is 0 Å². The maximum atomic E-state index is 10.0. The predicted molar refractivity (Wildman–Crippen MR) is 132 cm³/mol. The standard InChI is InChI=1S/C19H42N.C6H14O3S/c1-5-6-7-8-9-10-11-12-13-14-15-16-17-18-19-20(2,3)4;1-2-3-4-5-6-10(7,8)9/h5-19H2,1-4H3;2-6H2,1H3,(H,7,8,9)/q+1;/p-1. The lowest BCUT2D eigenvalue weighted by molar-refractivity contribution is -0.870. The van der Waals surface area contributed by atoms with E-state index >= 15 is 0 Å². The molecule has 0 heterocycles. The molecular weight excluding hydrogens is 394 g/mol. The van der Waals surface area contributed by atoms with Crippen molar-refractivity contribution in [2.24, 2.45) is 0 Å². The van der Waals surface area contributed by atoms with E-state index in [1.165, 1.54) is 96.4 Å². The van der Waals surface area contributed by atoms with Crippen molar-refractivity contribution in [2.45, 2.75) is 129 Å². The topological polar surface area (TPSA) is 57.2 Å². The number of nitrogens with zero attached hydrogens (tertiary/aromatic N) is 1. The predicted octanol–water partition coefficient (Wildman–Crippen LogP) is 7.29. The van der Waals surface area contributed by atoms with Crippen molar-refractivity contribution < 1.29 is 17.5 Å². The molecule has 0 spiro atoms. The second-order valence-electron chi connectivity index (χ2n) is 9.93. The molecule has 5 heteroatoms. The number of hydrogen-bond donors (Lipinski definition) is 0. The van der Waals surface area contributed by atoms with E-state index in [2.05, 4.69) is 28.1 Å². The molecule has 0 rings (SSSR count). The van der Waals surface area contributed by atoms with Gasteiger partial charge in [-0.2, -0.15) is 0 Å². The first-order valence-corrected chi connectivity index (χ1v) is 14.4. The van der Waals surface area contributed by atoms with Crippen LogP contribution in [0.25, 0.3) is 0 Å². The molecule has 0 saturated carbocycles. The van der Waals surface area contributed by atoms with Crippen LogP contribution in [0.5, 0.6) is 0 Å². The van der Waals surface area contributed by atoms with Gasteiger partial charge in [0.2, 0.25) is 0 Å². The molecule has 0 bridgehead atoms. The Hall–Kier alpha value is -0.130. The number of unbranched alkanes of at least 4 members (excludes halogenated alkanes) is 16. The fourth-order valence-electron chi connectivity index (χ4n) is 3.49. The summed E-state index contributed by atoms with van der Waals surface area (Å²) in [4.78, 5) is 0. The highest BCUT2D eigenvalue weighted by Crippen LogP contribution is 2.13. The van der Waals surface area contributed by atoms with Crippen LogP contribution in [0.3, 0.4) is 0 Å². The van der Waals surface area contributed by atoms with Crippen LogP contribution in [-0.4, -0.2) is 50.9 Å². The fourth-order valence-corrected chi connectivity index (χ4v) is 4.04. The van der Waals surface area contributed by atoms with Crippen LogP contribution in [0.1, 0.15) is 129 Å². The molecule has 0 aliphatic rings. The van der Waals surface area contributed by atoms with E-state index in [0.29, 0.717) is 6.42 Å². The van der Waals surface area contributed by atoms with Crippen LogP contribution in [0.2, 0.25) is 0 Å². The van der Waals surface area contributed by atoms with Crippen LogP contribution in [-0.2, 0) is 10.1 Å². The smallest absolute Gasteiger partial charge is 0.0945 e. The Kier molecular flexibility index (Phi) is 23.6. The zero-order chi connectivity index (χ0) is 23.1. The molecule has 184 valence electrons. The van der Waals surface area contributed by atoms with Crippen molar-refractivity contribution in [3.8, 4) is 0 Å². The van der Waals surface area contributed by atoms with Gasteiger partial charge in [-0.3, -0.25) is 0 Å². The molecule has 0 aromatic rings. The molecule has 0 atom stereocenters. The zero-order valence-corrected chi connectivity index (χ0v) is 22.0. The van der Waals surface area contributed by atoms with Gasteiger partial charge in [0, 0.05) is 5.75 Å². The summed E-state index contributed by atoms with van der Waals surface area (Å²) in [7, 11) is 2.93. The van der Waals surface area contributed by atoms with Crippen LogP contribution >= 0.6 is 0 Å². The van der Waals surface area contributed by atoms with Crippen LogP contribution in [0.15, 0.2) is 0 Å². The van der Waals surface area contributed by atoms with Crippen molar-refractivity contribution in [1.29, 1.82) is 0 Å². The van der Waals surface area contributed by atoms with E-state index in [1.807, 2.05) is 6.92 Å². The summed E-state index contributed by atoms with van der Waals surface area (Å²) in [5.74, 6) is -0.201. The number of hydrogen-bond acceptors (Lipinski definition) is 3. The summed E-state index contributed by atoms with van der Waals surface area (Å²) in [6.45, 7) is 5.66. The van der Waals surface area contributed by atoms with E-state index in [9.17, 15) is 13.0 Å². The van der Waals surface area contributed by atoms with Crippen LogP contribution in [0, 0.1) is 0 Å². The second-order valence-corrected chi connectivity index (χ2v) is 11.5. The minimum atomic E-state index is -3.95. The number of quaternary nitrogens is 1. The third kappa shape index (κ3) is 35.3. The monoisotopic (exact) mass is 449 g/mol. The highest BCUT2D eigenvalue weighted by atomic mass is 32.2. The van der Waals surface area contributed by atoms with E-state index in [1.54, 1.807) is 0 Å². The Morgan fingerprint density at radius 1 is 0.533 bits per heavy atom. The van der Waals surface area contributed by atoms with Crippen molar-refractivity contribution in [3.05, 3.63) is 0 Å². The van der Waals surface area contributed by atoms with Gasteiger partial charge in [-0.15, -0.1) is 0 Å². The van der Waals surface area contributed by atoms with Gasteiger partial charge in [0.25, 0.3) is 0 Å². The fraction of sp³-hybridized carbons (Fsp3) is 1.00. The third-order valence-corrected chi connectivity index (χ3v) is 6.22. The summed E-state index contributed by atoms with van der Waals surface area (Å²) in [6.07, 6.45) is 23.8. The number of rotatable bonds is 20. The molecule has 0 saturated heterocycles. The Morgan fingerprint density at radius 3 is 1.13 bits per heavy atom. The highest BCUT2D eigenvalue weighted by molar-refractivity contribution is 7.85. The minimum absolute atomic E-state index is 0.201. The van der Waals surface area contributed by atoms with Gasteiger partial charge in [-0.25, -0.2) is 8.42 Å². The van der Waals surface area contributed by atoms with Gasteiger partial charge in [0.05, 0.1) is 37.8 Å². The molecule has 0 fully saturated rings. The van der Waals surface area contributed by atoms with Crippen molar-refractivity contribution >= 4 is 10.1 Å². The average Bonchev–Trinajstić information content (AvgIpc) is 2.64. The summed E-state index contributed by atoms with van der Waals surface area (Å²) in [5, 5.41) is 0. The second kappa shape index (κ2) is 22.1. The molecule has 0 aliphatic carbocycles. The molecule has 0 unspecified atom stereocenters. The van der Waals surface area contributed by atoms with E-state index in [4.69, 9.17) is 0 Å². The lowest BCUT2D eigenvalue weighted by atomic mass is 10.0. The maximum Gasteiger partial charge on any atom is 0.0945 e. The van der Waals surface area contributed by atoms with E-state index in [0.717, 1.165) is 23.7 Å². The van der Waals surface area contributed by atoms with Crippen LogP contribution < -0.4 is 0 Å². The van der Waals surface area contributed by atoms with Gasteiger partial charge in [0.15, 0.2) is 0 Å². The molecule has 0 amide bonds. The Bertz CT molecular complexity index is 430. The van der Waals surface area contributed by atoms with Crippen molar-refractivity contribution in [3.63, 3.8) is 0 Å². The molecule has 0 radical (unpaired) electrons. The average molecular weight is 450 g/mol. The SMILES string of the molecule is CCCCCCCCCCCCCCCC[N+](C)(C)C.CCCCCCS(=O)(=O)[O-]. The molecule has 0 aromatic heterocycles. The van der Waals surface area contributed by atoms with Gasteiger partial charge in [0.1, 0.15) is 0 Å². The molecule has 4 nitrogen and oxygen atoms in total. The quantitative estimate of drug-likeness (QED) is 0.111. The summed E-state index contributed by atoms with van der Waals surface area (Å²) >= 11 is 0. The molecule has 0 aliphatic heterocycles. The van der Waals surface area contributed by atoms with Gasteiger partial charge < -0.3 is 9.04 Å². The summed E-state index contributed by atoms with van der Waals surface area (Å²) in [5.41, 5.74) is 0. The van der Waals surface area contributed by atoms with E-state index < -0.39 is 10.1 Å². The lowest BCUT2D eigenvalue weighted by Crippen LogP contribution is -2.35. The first kappa shape index (κ1) is 32.1. The van der Waals surface area contributed by atoms with Gasteiger partial charge in [-0.1, -0.05) is 110 Å². The minimum Gasteiger partial charge on any atom is -0.748 e. The lowest BCUT2D eigenvalue weighted by Gasteiger charge is -2.23. The first-order valence-electron chi connectivity index (χ1n) is 12.9. The Morgan fingerprint density at radius 2 is 0.833 bits per heavy atom. The van der Waals surface area contributed by atoms with Gasteiger partial charge in [-0.05, 0) is 19.3 Å². The summed E-state index contributed by atoms with van der Waals surface area (Å²) in [6, 6.07) is 0. The normalized spacial score (nSPS) is 11.9. The molecular formula is C25H55NO3S. The maximum absolute atomic E-state index is 10.0. The molecule has 0 N–H and O–H groups in total. The Labute approximate surface area is 190 Å². The first-order chi connectivity index (χ1) is 14.1. The largest absolute Gasteiger partial charge is 0.748 e. The van der Waals surface area contributed by atoms with Crippen molar-refractivity contribution in [1.82, 2.24) is 0 Å². The highest BCUT2D eigenvalue weighted by Gasteiger charge is 2.04. The van der Waals surface area contributed by atoms with Crippen molar-refractivity contribution in [2.75, 3.05) is 33.4 Å². The molecule has 0 aromatic carbocycles. The molecule has 30 heavy (non-hydrogen) atoms. The zero-order valence-electron chi connectivity index (χ0n) is 21.2. The van der Waals surface area contributed by atoms with E-state index in [-0.39, 0.29) is 5.75 Å². The van der Waals surface area contributed by atoms with Gasteiger partial charge >= 0.3 is 0 Å². The summed E-state index contributed by atoms with van der Waals surface area (Å²) < 4.78 is 31.2.